The Morgan fingerprint density at radius 2 is 1.45 bits per heavy atom. The fourth-order valence-electron chi connectivity index (χ4n) is 4.55. The van der Waals surface area contributed by atoms with Crippen LogP contribution in [0, 0.1) is 5.92 Å². The number of rotatable bonds is 5. The fourth-order valence-corrected chi connectivity index (χ4v) is 6.11. The average Bonchev–Trinajstić information content (AvgIpc) is 3.06. The number of carbonyl (C=O) groups excluding carboxylic acids is 1. The molecule has 2 aliphatic rings. The zero-order chi connectivity index (χ0) is 21.7. The predicted octanol–water partition coefficient (Wildman–Crippen LogP) is 2.97. The second-order valence-electron chi connectivity index (χ2n) is 8.42. The van der Waals surface area contributed by atoms with E-state index in [2.05, 4.69) is 17.0 Å². The lowest BCUT2D eigenvalue weighted by Crippen LogP contribution is -2.45. The van der Waals surface area contributed by atoms with Crippen molar-refractivity contribution in [2.24, 2.45) is 5.92 Å². The number of carbonyl (C=O) groups is 1. The molecule has 2 aromatic carbocycles. The average molecular weight is 442 g/mol. The minimum Gasteiger partial charge on any atom is -0.370 e. The third kappa shape index (κ3) is 5.46. The number of amides is 1. The van der Waals surface area contributed by atoms with E-state index in [1.165, 1.54) is 5.69 Å². The van der Waals surface area contributed by atoms with Gasteiger partial charge < -0.3 is 9.80 Å². The van der Waals surface area contributed by atoms with Gasteiger partial charge in [0, 0.05) is 50.9 Å². The van der Waals surface area contributed by atoms with Gasteiger partial charge in [-0.2, -0.15) is 0 Å². The third-order valence-electron chi connectivity index (χ3n) is 6.32. The maximum Gasteiger partial charge on any atom is 0.225 e. The lowest BCUT2D eigenvalue weighted by atomic mass is 9.96. The van der Waals surface area contributed by atoms with Crippen LogP contribution < -0.4 is 4.90 Å². The molecular formula is C24H31N3O3S. The minimum absolute atomic E-state index is 0.0217. The molecule has 0 radical (unpaired) electrons. The number of benzene rings is 2. The summed E-state index contributed by atoms with van der Waals surface area (Å²) in [4.78, 5) is 17.5. The molecule has 0 bridgehead atoms. The molecule has 2 saturated heterocycles. The maximum atomic E-state index is 13.1. The van der Waals surface area contributed by atoms with Crippen molar-refractivity contribution in [2.45, 2.75) is 25.0 Å². The van der Waals surface area contributed by atoms with E-state index in [4.69, 9.17) is 0 Å². The first kappa shape index (κ1) is 21.8. The van der Waals surface area contributed by atoms with Crippen molar-refractivity contribution in [3.05, 3.63) is 66.2 Å². The monoisotopic (exact) mass is 441 g/mol. The summed E-state index contributed by atoms with van der Waals surface area (Å²) in [5.74, 6) is 0.134. The summed E-state index contributed by atoms with van der Waals surface area (Å²) >= 11 is 0. The van der Waals surface area contributed by atoms with E-state index in [0.717, 1.165) is 38.2 Å². The highest BCUT2D eigenvalue weighted by Crippen LogP contribution is 2.24. The Bertz CT molecular complexity index is 958. The highest BCUT2D eigenvalue weighted by Gasteiger charge is 2.33. The van der Waals surface area contributed by atoms with Crippen LogP contribution in [0.15, 0.2) is 60.7 Å². The first-order valence-electron chi connectivity index (χ1n) is 11.1. The number of nitrogens with zero attached hydrogens (tertiary/aromatic N) is 3. The SMILES string of the molecule is O=C(C1CCN(S(=O)(=O)Cc2ccccc2)CC1)N1CCCN(c2ccccc2)CC1. The Labute approximate surface area is 185 Å². The number of sulfonamides is 1. The van der Waals surface area contributed by atoms with Crippen LogP contribution in [0.3, 0.4) is 0 Å². The first-order valence-corrected chi connectivity index (χ1v) is 12.7. The molecule has 7 heteroatoms. The van der Waals surface area contributed by atoms with Gasteiger partial charge in [-0.25, -0.2) is 12.7 Å². The molecule has 6 nitrogen and oxygen atoms in total. The van der Waals surface area contributed by atoms with Gasteiger partial charge in [-0.3, -0.25) is 4.79 Å². The molecule has 0 N–H and O–H groups in total. The number of piperidine rings is 1. The fraction of sp³-hybridized carbons (Fsp3) is 0.458. The summed E-state index contributed by atoms with van der Waals surface area (Å²) in [7, 11) is -3.35. The standard InChI is InChI=1S/C24H31N3O3S/c28-24(26-15-7-14-25(18-19-26)23-10-5-2-6-11-23)22-12-16-27(17-13-22)31(29,30)20-21-8-3-1-4-9-21/h1-6,8-11,22H,7,12-20H2. The highest BCUT2D eigenvalue weighted by molar-refractivity contribution is 7.88. The van der Waals surface area contributed by atoms with Gasteiger partial charge >= 0.3 is 0 Å². The van der Waals surface area contributed by atoms with Crippen molar-refractivity contribution in [1.29, 1.82) is 0 Å². The molecule has 4 rings (SSSR count). The summed E-state index contributed by atoms with van der Waals surface area (Å²) in [6.45, 7) is 4.13. The lowest BCUT2D eigenvalue weighted by molar-refractivity contribution is -0.136. The second kappa shape index (κ2) is 9.83. The molecule has 0 atom stereocenters. The zero-order valence-electron chi connectivity index (χ0n) is 17.9. The van der Waals surface area contributed by atoms with Crippen molar-refractivity contribution in [3.63, 3.8) is 0 Å². The van der Waals surface area contributed by atoms with Crippen molar-refractivity contribution in [2.75, 3.05) is 44.2 Å². The van der Waals surface area contributed by atoms with Crippen molar-refractivity contribution in [3.8, 4) is 0 Å². The molecule has 2 heterocycles. The third-order valence-corrected chi connectivity index (χ3v) is 8.17. The molecular weight excluding hydrogens is 410 g/mol. The topological polar surface area (TPSA) is 60.9 Å². The minimum atomic E-state index is -3.35. The molecule has 0 aromatic heterocycles. The molecule has 0 spiro atoms. The van der Waals surface area contributed by atoms with Crippen LogP contribution in [0.25, 0.3) is 0 Å². The molecule has 2 aliphatic heterocycles. The molecule has 0 aliphatic carbocycles. The van der Waals surface area contributed by atoms with Crippen LogP contribution in [0.4, 0.5) is 5.69 Å². The molecule has 0 unspecified atom stereocenters. The van der Waals surface area contributed by atoms with Gasteiger partial charge in [0.1, 0.15) is 0 Å². The van der Waals surface area contributed by atoms with E-state index in [9.17, 15) is 13.2 Å². The summed E-state index contributed by atoms with van der Waals surface area (Å²) in [5.41, 5.74) is 2.00. The van der Waals surface area contributed by atoms with Crippen LogP contribution in [0.1, 0.15) is 24.8 Å². The maximum absolute atomic E-state index is 13.1. The van der Waals surface area contributed by atoms with Crippen molar-refractivity contribution >= 4 is 21.6 Å². The van der Waals surface area contributed by atoms with Crippen molar-refractivity contribution in [1.82, 2.24) is 9.21 Å². The smallest absolute Gasteiger partial charge is 0.225 e. The van der Waals surface area contributed by atoms with Crippen molar-refractivity contribution < 1.29 is 13.2 Å². The van der Waals surface area contributed by atoms with Gasteiger partial charge in [0.15, 0.2) is 0 Å². The zero-order valence-corrected chi connectivity index (χ0v) is 18.7. The Morgan fingerprint density at radius 3 is 2.13 bits per heavy atom. The first-order chi connectivity index (χ1) is 15.0. The number of anilines is 1. The quantitative estimate of drug-likeness (QED) is 0.716. The Balaban J connectivity index is 1.30. The van der Waals surface area contributed by atoms with Gasteiger partial charge in [0.05, 0.1) is 5.75 Å². The van der Waals surface area contributed by atoms with Crippen LogP contribution in [-0.2, 0) is 20.6 Å². The highest BCUT2D eigenvalue weighted by atomic mass is 32.2. The largest absolute Gasteiger partial charge is 0.370 e. The van der Waals surface area contributed by atoms with E-state index in [1.807, 2.05) is 53.4 Å². The Kier molecular flexibility index (Phi) is 6.92. The van der Waals surface area contributed by atoms with Crippen LogP contribution in [0.2, 0.25) is 0 Å². The van der Waals surface area contributed by atoms with E-state index in [-0.39, 0.29) is 17.6 Å². The number of hydrogen-bond donors (Lipinski definition) is 0. The van der Waals surface area contributed by atoms with Crippen LogP contribution >= 0.6 is 0 Å². The number of para-hydroxylation sites is 1. The van der Waals surface area contributed by atoms with Gasteiger partial charge in [-0.05, 0) is 37.0 Å². The molecule has 2 aromatic rings. The molecule has 31 heavy (non-hydrogen) atoms. The van der Waals surface area contributed by atoms with E-state index < -0.39 is 10.0 Å². The summed E-state index contributed by atoms with van der Waals surface area (Å²) < 4.78 is 27.1. The van der Waals surface area contributed by atoms with E-state index >= 15 is 0 Å². The normalized spacial score (nSPS) is 19.2. The number of hydrogen-bond acceptors (Lipinski definition) is 4. The van der Waals surface area contributed by atoms with Gasteiger partial charge in [0.25, 0.3) is 0 Å². The van der Waals surface area contributed by atoms with Gasteiger partial charge in [-0.1, -0.05) is 48.5 Å². The second-order valence-corrected chi connectivity index (χ2v) is 10.4. The molecule has 1 amide bonds. The Hall–Kier alpha value is -2.38. The van der Waals surface area contributed by atoms with Crippen LogP contribution in [-0.4, -0.2) is 62.8 Å². The lowest BCUT2D eigenvalue weighted by Gasteiger charge is -2.33. The molecule has 2 fully saturated rings. The predicted molar refractivity (Wildman–Crippen MR) is 123 cm³/mol. The summed E-state index contributed by atoms with van der Waals surface area (Å²) in [6.07, 6.45) is 2.16. The summed E-state index contributed by atoms with van der Waals surface area (Å²) in [6, 6.07) is 19.6. The van der Waals surface area contributed by atoms with Crippen LogP contribution in [0.5, 0.6) is 0 Å². The molecule has 0 saturated carbocycles. The van der Waals surface area contributed by atoms with Gasteiger partial charge in [0.2, 0.25) is 15.9 Å². The molecule has 166 valence electrons. The van der Waals surface area contributed by atoms with E-state index in [1.54, 1.807) is 4.31 Å². The Morgan fingerprint density at radius 1 is 0.806 bits per heavy atom. The van der Waals surface area contributed by atoms with Gasteiger partial charge in [-0.15, -0.1) is 0 Å². The summed E-state index contributed by atoms with van der Waals surface area (Å²) in [5, 5.41) is 0. The van der Waals surface area contributed by atoms with E-state index in [0.29, 0.717) is 25.9 Å².